The summed E-state index contributed by atoms with van der Waals surface area (Å²) < 4.78 is 5.90. The molecule has 0 heterocycles. The molecule has 0 amide bonds. The van der Waals surface area contributed by atoms with E-state index in [-0.39, 0.29) is 5.54 Å². The molecule has 0 unspecified atom stereocenters. The fourth-order valence-corrected chi connectivity index (χ4v) is 2.14. The van der Waals surface area contributed by atoms with Crippen LogP contribution in [0.1, 0.15) is 50.3 Å². The smallest absolute Gasteiger partial charge is 0.125 e. The molecule has 1 aromatic carbocycles. The average molecular weight is 275 g/mol. The highest BCUT2D eigenvalue weighted by molar-refractivity contribution is 5.43. The lowest BCUT2D eigenvalue weighted by molar-refractivity contribution is 0.308. The number of aryl methyl sites for hydroxylation is 2. The van der Waals surface area contributed by atoms with E-state index in [0.717, 1.165) is 31.7 Å². The first-order valence-corrected chi connectivity index (χ1v) is 7.42. The zero-order valence-corrected chi connectivity index (χ0v) is 13.7. The zero-order valence-electron chi connectivity index (χ0n) is 13.7. The normalized spacial score (nSPS) is 11.4. The van der Waals surface area contributed by atoms with Crippen LogP contribution >= 0.6 is 0 Å². The summed E-state index contributed by atoms with van der Waals surface area (Å²) in [6.07, 6.45) is 3.96. The van der Waals surface area contributed by atoms with Gasteiger partial charge in [-0.2, -0.15) is 0 Å². The molecule has 1 rings (SSSR count). The van der Waals surface area contributed by atoms with Crippen molar-refractivity contribution in [1.29, 1.82) is 0 Å². The molecule has 0 bridgehead atoms. The fourth-order valence-electron chi connectivity index (χ4n) is 2.14. The van der Waals surface area contributed by atoms with E-state index in [9.17, 15) is 0 Å². The van der Waals surface area contributed by atoms with Gasteiger partial charge >= 0.3 is 0 Å². The van der Waals surface area contributed by atoms with E-state index in [2.05, 4.69) is 58.6 Å². The minimum Gasteiger partial charge on any atom is -0.493 e. The van der Waals surface area contributed by atoms with Gasteiger partial charge in [0, 0.05) is 12.1 Å². The first-order valence-electron chi connectivity index (χ1n) is 7.42. The van der Waals surface area contributed by atoms with Crippen LogP contribution in [0.4, 0.5) is 0 Å². The minimum atomic E-state index is 0.141. The third-order valence-corrected chi connectivity index (χ3v) is 3.14. The number of rotatable bonds is 7. The lowest BCUT2D eigenvalue weighted by Gasteiger charge is -2.21. The zero-order chi connectivity index (χ0) is 15.2. The van der Waals surface area contributed by atoms with Gasteiger partial charge in [-0.1, -0.05) is 18.2 Å². The molecule has 2 nitrogen and oxygen atoms in total. The van der Waals surface area contributed by atoms with Crippen LogP contribution in [0.3, 0.4) is 0 Å². The van der Waals surface area contributed by atoms with Gasteiger partial charge in [-0.15, -0.1) is 6.58 Å². The maximum Gasteiger partial charge on any atom is 0.125 e. The number of benzene rings is 1. The number of hydrogen-bond acceptors (Lipinski definition) is 2. The molecular formula is C18H29NO. The average Bonchev–Trinajstić information content (AvgIpc) is 2.34. The van der Waals surface area contributed by atoms with E-state index in [1.54, 1.807) is 0 Å². The van der Waals surface area contributed by atoms with Crippen LogP contribution in [0.15, 0.2) is 24.8 Å². The van der Waals surface area contributed by atoms with Gasteiger partial charge in [0.2, 0.25) is 0 Å². The highest BCUT2D eigenvalue weighted by Crippen LogP contribution is 2.25. The minimum absolute atomic E-state index is 0.141. The lowest BCUT2D eigenvalue weighted by Crippen LogP contribution is -2.35. The maximum absolute atomic E-state index is 5.90. The predicted octanol–water partition coefficient (Wildman–Crippen LogP) is 4.54. The Morgan fingerprint density at radius 3 is 2.30 bits per heavy atom. The van der Waals surface area contributed by atoms with Crippen molar-refractivity contribution in [2.24, 2.45) is 0 Å². The van der Waals surface area contributed by atoms with Crippen molar-refractivity contribution in [3.05, 3.63) is 41.5 Å². The summed E-state index contributed by atoms with van der Waals surface area (Å²) in [5.41, 5.74) is 3.89. The Labute approximate surface area is 124 Å². The van der Waals surface area contributed by atoms with Crippen molar-refractivity contribution >= 4 is 0 Å². The van der Waals surface area contributed by atoms with Gasteiger partial charge in [0.15, 0.2) is 0 Å². The van der Waals surface area contributed by atoms with Crippen LogP contribution in [0.2, 0.25) is 0 Å². The van der Waals surface area contributed by atoms with Gasteiger partial charge in [-0.05, 0) is 64.2 Å². The summed E-state index contributed by atoms with van der Waals surface area (Å²) in [6.45, 7) is 16.2. The van der Waals surface area contributed by atoms with E-state index in [0.29, 0.717) is 0 Å². The number of allylic oxidation sites excluding steroid dienone is 1. The summed E-state index contributed by atoms with van der Waals surface area (Å²) in [7, 11) is 0. The Morgan fingerprint density at radius 1 is 1.20 bits per heavy atom. The van der Waals surface area contributed by atoms with Crippen molar-refractivity contribution in [2.75, 3.05) is 6.61 Å². The molecule has 0 atom stereocenters. The van der Waals surface area contributed by atoms with Crippen LogP contribution in [-0.4, -0.2) is 12.1 Å². The van der Waals surface area contributed by atoms with Crippen LogP contribution in [0.25, 0.3) is 0 Å². The topological polar surface area (TPSA) is 21.3 Å². The van der Waals surface area contributed by atoms with Crippen molar-refractivity contribution < 1.29 is 4.74 Å². The van der Waals surface area contributed by atoms with Crippen molar-refractivity contribution in [1.82, 2.24) is 5.32 Å². The summed E-state index contributed by atoms with van der Waals surface area (Å²) >= 11 is 0. The van der Waals surface area contributed by atoms with Crippen molar-refractivity contribution in [3.8, 4) is 5.75 Å². The molecule has 0 fully saturated rings. The third kappa shape index (κ3) is 5.79. The molecule has 0 spiro atoms. The standard InChI is InChI=1S/C18H29NO/c1-7-8-9-10-20-17-14(2)11-16(12-15(17)3)13-19-18(4,5)6/h7,11-12,19H,1,8-10,13H2,2-6H3. The molecule has 0 saturated heterocycles. The number of nitrogens with one attached hydrogen (secondary N) is 1. The number of unbranched alkanes of at least 4 members (excludes halogenated alkanes) is 1. The van der Waals surface area contributed by atoms with Crippen LogP contribution in [-0.2, 0) is 6.54 Å². The molecule has 2 heteroatoms. The second kappa shape index (κ2) is 7.49. The van der Waals surface area contributed by atoms with E-state index < -0.39 is 0 Å². The summed E-state index contributed by atoms with van der Waals surface area (Å²) in [4.78, 5) is 0. The predicted molar refractivity (Wildman–Crippen MR) is 87.4 cm³/mol. The lowest BCUT2D eigenvalue weighted by atomic mass is 10.0. The van der Waals surface area contributed by atoms with Gasteiger partial charge in [-0.3, -0.25) is 0 Å². The molecule has 0 aliphatic rings. The van der Waals surface area contributed by atoms with Crippen molar-refractivity contribution in [3.63, 3.8) is 0 Å². The van der Waals surface area contributed by atoms with Crippen molar-refractivity contribution in [2.45, 2.75) is 59.5 Å². The van der Waals surface area contributed by atoms with Crippen LogP contribution in [0, 0.1) is 13.8 Å². The fraction of sp³-hybridized carbons (Fsp3) is 0.556. The van der Waals surface area contributed by atoms with Gasteiger partial charge < -0.3 is 10.1 Å². The van der Waals surface area contributed by atoms with Crippen LogP contribution < -0.4 is 10.1 Å². The largest absolute Gasteiger partial charge is 0.493 e. The molecule has 0 radical (unpaired) electrons. The van der Waals surface area contributed by atoms with Gasteiger partial charge in [0.1, 0.15) is 5.75 Å². The number of hydrogen-bond donors (Lipinski definition) is 1. The molecule has 20 heavy (non-hydrogen) atoms. The molecule has 1 N–H and O–H groups in total. The first kappa shape index (κ1) is 16.8. The Bertz CT molecular complexity index is 420. The van der Waals surface area contributed by atoms with E-state index in [1.807, 2.05) is 6.08 Å². The Hall–Kier alpha value is -1.28. The van der Waals surface area contributed by atoms with E-state index >= 15 is 0 Å². The Balaban J connectivity index is 2.68. The molecule has 0 aliphatic carbocycles. The SMILES string of the molecule is C=CCCCOc1c(C)cc(CNC(C)(C)C)cc1C. The van der Waals surface area contributed by atoms with Gasteiger partial charge in [0.05, 0.1) is 6.61 Å². The first-order chi connectivity index (χ1) is 9.33. The molecular weight excluding hydrogens is 246 g/mol. The monoisotopic (exact) mass is 275 g/mol. The molecule has 0 aromatic heterocycles. The summed E-state index contributed by atoms with van der Waals surface area (Å²) in [6, 6.07) is 4.43. The van der Waals surface area contributed by atoms with Gasteiger partial charge in [0.25, 0.3) is 0 Å². The Morgan fingerprint density at radius 2 is 1.80 bits per heavy atom. The highest BCUT2D eigenvalue weighted by atomic mass is 16.5. The summed E-state index contributed by atoms with van der Waals surface area (Å²) in [5.74, 6) is 1.04. The second-order valence-electron chi connectivity index (χ2n) is 6.44. The highest BCUT2D eigenvalue weighted by Gasteiger charge is 2.10. The van der Waals surface area contributed by atoms with E-state index in [1.165, 1.54) is 16.7 Å². The quantitative estimate of drug-likeness (QED) is 0.583. The van der Waals surface area contributed by atoms with E-state index in [4.69, 9.17) is 4.74 Å². The van der Waals surface area contributed by atoms with Gasteiger partial charge in [-0.25, -0.2) is 0 Å². The summed E-state index contributed by atoms with van der Waals surface area (Å²) in [5, 5.41) is 3.52. The molecule has 1 aromatic rings. The maximum atomic E-state index is 5.90. The molecule has 0 saturated carbocycles. The second-order valence-corrected chi connectivity index (χ2v) is 6.44. The third-order valence-electron chi connectivity index (χ3n) is 3.14. The number of ether oxygens (including phenoxy) is 1. The molecule has 112 valence electrons. The molecule has 0 aliphatic heterocycles. The Kier molecular flexibility index (Phi) is 6.28. The van der Waals surface area contributed by atoms with Crippen LogP contribution in [0.5, 0.6) is 5.75 Å².